The average Bonchev–Trinajstić information content (AvgIpc) is 2.15. The Kier molecular flexibility index (Phi) is 3.24. The molecule has 1 atom stereocenters. The summed E-state index contributed by atoms with van der Waals surface area (Å²) in [5, 5.41) is 8.98. The molecule has 0 amide bonds. The van der Waals surface area contributed by atoms with Gasteiger partial charge < -0.3 is 9.84 Å². The number of alkyl halides is 3. The van der Waals surface area contributed by atoms with Crippen LogP contribution in [0.2, 0.25) is 0 Å². The van der Waals surface area contributed by atoms with E-state index < -0.39 is 12.3 Å². The maximum absolute atomic E-state index is 12.2. The minimum atomic E-state index is -4.64. The molecule has 0 spiro atoms. The Balaban J connectivity index is 3.02. The fraction of sp³-hybridized carbons (Fsp3) is 0.400. The highest BCUT2D eigenvalue weighted by atomic mass is 19.4. The van der Waals surface area contributed by atoms with E-state index in [0.29, 0.717) is 11.3 Å². The van der Waals surface area contributed by atoms with Crippen LogP contribution in [0.5, 0.6) is 5.75 Å². The van der Waals surface area contributed by atoms with Crippen LogP contribution in [0.15, 0.2) is 18.2 Å². The number of aryl methyl sites for hydroxylation is 1. The van der Waals surface area contributed by atoms with Gasteiger partial charge in [-0.05, 0) is 30.2 Å². The summed E-state index contributed by atoms with van der Waals surface area (Å²) in [6.45, 7) is 1.62. The summed E-state index contributed by atoms with van der Waals surface area (Å²) < 4.78 is 41.4. The largest absolute Gasteiger partial charge is 0.496 e. The van der Waals surface area contributed by atoms with Crippen molar-refractivity contribution in [3.8, 4) is 5.75 Å². The van der Waals surface area contributed by atoms with E-state index in [1.807, 2.05) is 0 Å². The SMILES string of the molecule is COc1ccc(C(O)C(F)(F)F)cc1C. The molecule has 0 aromatic heterocycles. The molecule has 0 aliphatic heterocycles. The van der Waals surface area contributed by atoms with Crippen LogP contribution in [0.3, 0.4) is 0 Å². The zero-order chi connectivity index (χ0) is 11.6. The van der Waals surface area contributed by atoms with Crippen molar-refractivity contribution in [2.24, 2.45) is 0 Å². The summed E-state index contributed by atoms with van der Waals surface area (Å²) in [5.74, 6) is 0.494. The van der Waals surface area contributed by atoms with Gasteiger partial charge in [-0.3, -0.25) is 0 Å². The molecule has 1 aromatic rings. The molecular formula is C10H11F3O2. The number of hydrogen-bond acceptors (Lipinski definition) is 2. The maximum atomic E-state index is 12.2. The zero-order valence-electron chi connectivity index (χ0n) is 8.30. The van der Waals surface area contributed by atoms with Crippen LogP contribution < -0.4 is 4.74 Å². The number of aliphatic hydroxyl groups is 1. The lowest BCUT2D eigenvalue weighted by Gasteiger charge is -2.16. The Morgan fingerprint density at radius 2 is 1.93 bits per heavy atom. The topological polar surface area (TPSA) is 29.5 Å². The summed E-state index contributed by atoms with van der Waals surface area (Å²) in [6, 6.07) is 3.86. The Bertz CT molecular complexity index is 347. The smallest absolute Gasteiger partial charge is 0.418 e. The first kappa shape index (κ1) is 11.8. The molecule has 84 valence electrons. The standard InChI is InChI=1S/C10H11F3O2/c1-6-5-7(3-4-8(6)15-2)9(14)10(11,12)13/h3-5,9,14H,1-2H3. The van der Waals surface area contributed by atoms with E-state index in [-0.39, 0.29) is 5.56 Å². The molecule has 0 saturated heterocycles. The number of hydrogen-bond donors (Lipinski definition) is 1. The van der Waals surface area contributed by atoms with Gasteiger partial charge in [0.1, 0.15) is 5.75 Å². The van der Waals surface area contributed by atoms with Gasteiger partial charge in [0.05, 0.1) is 7.11 Å². The van der Waals surface area contributed by atoms with E-state index in [4.69, 9.17) is 9.84 Å². The molecule has 0 saturated carbocycles. The van der Waals surface area contributed by atoms with Gasteiger partial charge in [-0.25, -0.2) is 0 Å². The summed E-state index contributed by atoms with van der Waals surface area (Å²) in [4.78, 5) is 0. The Hall–Kier alpha value is -1.23. The van der Waals surface area contributed by atoms with Crippen molar-refractivity contribution in [2.45, 2.75) is 19.2 Å². The second-order valence-electron chi connectivity index (χ2n) is 3.17. The summed E-state index contributed by atoms with van der Waals surface area (Å²) in [6.07, 6.45) is -7.08. The number of benzene rings is 1. The van der Waals surface area contributed by atoms with Crippen molar-refractivity contribution in [3.05, 3.63) is 29.3 Å². The maximum Gasteiger partial charge on any atom is 0.418 e. The first-order valence-electron chi connectivity index (χ1n) is 4.25. The number of aliphatic hydroxyl groups excluding tert-OH is 1. The highest BCUT2D eigenvalue weighted by molar-refractivity contribution is 5.37. The fourth-order valence-electron chi connectivity index (χ4n) is 1.26. The third-order valence-electron chi connectivity index (χ3n) is 2.04. The lowest BCUT2D eigenvalue weighted by atomic mass is 10.1. The van der Waals surface area contributed by atoms with Crippen molar-refractivity contribution >= 4 is 0 Å². The lowest BCUT2D eigenvalue weighted by Crippen LogP contribution is -2.20. The van der Waals surface area contributed by atoms with Gasteiger partial charge in [0.2, 0.25) is 0 Å². The second kappa shape index (κ2) is 4.10. The van der Waals surface area contributed by atoms with Crippen molar-refractivity contribution in [2.75, 3.05) is 7.11 Å². The normalized spacial score (nSPS) is 13.7. The quantitative estimate of drug-likeness (QED) is 0.830. The van der Waals surface area contributed by atoms with Gasteiger partial charge in [0.15, 0.2) is 6.10 Å². The highest BCUT2D eigenvalue weighted by Gasteiger charge is 2.39. The molecule has 15 heavy (non-hydrogen) atoms. The Morgan fingerprint density at radius 1 is 1.33 bits per heavy atom. The van der Waals surface area contributed by atoms with Gasteiger partial charge in [-0.15, -0.1) is 0 Å². The number of methoxy groups -OCH3 is 1. The van der Waals surface area contributed by atoms with Crippen LogP contribution in [0.1, 0.15) is 17.2 Å². The third-order valence-corrected chi connectivity index (χ3v) is 2.04. The molecule has 5 heteroatoms. The van der Waals surface area contributed by atoms with Crippen molar-refractivity contribution in [3.63, 3.8) is 0 Å². The number of rotatable bonds is 2. The van der Waals surface area contributed by atoms with Crippen LogP contribution >= 0.6 is 0 Å². The Labute approximate surface area is 85.3 Å². The van der Waals surface area contributed by atoms with E-state index in [9.17, 15) is 13.2 Å². The predicted molar refractivity (Wildman–Crippen MR) is 48.7 cm³/mol. The van der Waals surface area contributed by atoms with Crippen molar-refractivity contribution in [1.82, 2.24) is 0 Å². The van der Waals surface area contributed by atoms with E-state index in [0.717, 1.165) is 0 Å². The first-order chi connectivity index (χ1) is 6.86. The van der Waals surface area contributed by atoms with Crippen LogP contribution in [0, 0.1) is 6.92 Å². The molecule has 2 nitrogen and oxygen atoms in total. The molecule has 0 radical (unpaired) electrons. The van der Waals surface area contributed by atoms with Crippen molar-refractivity contribution in [1.29, 1.82) is 0 Å². The van der Waals surface area contributed by atoms with E-state index in [2.05, 4.69) is 0 Å². The second-order valence-corrected chi connectivity index (χ2v) is 3.17. The van der Waals surface area contributed by atoms with Gasteiger partial charge in [-0.2, -0.15) is 13.2 Å². The van der Waals surface area contributed by atoms with Crippen LogP contribution in [-0.2, 0) is 0 Å². The molecule has 0 aliphatic rings. The third kappa shape index (κ3) is 2.62. The monoisotopic (exact) mass is 220 g/mol. The van der Waals surface area contributed by atoms with Gasteiger partial charge in [0, 0.05) is 0 Å². The predicted octanol–water partition coefficient (Wildman–Crippen LogP) is 2.60. The van der Waals surface area contributed by atoms with Crippen LogP contribution in [0.4, 0.5) is 13.2 Å². The number of ether oxygens (including phenoxy) is 1. The molecule has 1 rings (SSSR count). The minimum Gasteiger partial charge on any atom is -0.496 e. The zero-order valence-corrected chi connectivity index (χ0v) is 8.30. The first-order valence-corrected chi connectivity index (χ1v) is 4.25. The van der Waals surface area contributed by atoms with Crippen molar-refractivity contribution < 1.29 is 23.0 Å². The summed E-state index contributed by atoms with van der Waals surface area (Å²) in [7, 11) is 1.43. The highest BCUT2D eigenvalue weighted by Crippen LogP contribution is 2.33. The van der Waals surface area contributed by atoms with E-state index >= 15 is 0 Å². The van der Waals surface area contributed by atoms with Crippen LogP contribution in [-0.4, -0.2) is 18.4 Å². The van der Waals surface area contributed by atoms with E-state index in [1.54, 1.807) is 6.92 Å². The molecule has 0 fully saturated rings. The molecule has 0 aliphatic carbocycles. The van der Waals surface area contributed by atoms with Gasteiger partial charge >= 0.3 is 6.18 Å². The molecule has 0 heterocycles. The molecule has 1 N–H and O–H groups in total. The van der Waals surface area contributed by atoms with Crippen LogP contribution in [0.25, 0.3) is 0 Å². The Morgan fingerprint density at radius 3 is 2.33 bits per heavy atom. The summed E-state index contributed by atoms with van der Waals surface area (Å²) in [5.41, 5.74) is 0.374. The van der Waals surface area contributed by atoms with E-state index in [1.165, 1.54) is 25.3 Å². The molecule has 1 aromatic carbocycles. The lowest BCUT2D eigenvalue weighted by molar-refractivity contribution is -0.206. The molecular weight excluding hydrogens is 209 g/mol. The molecule has 0 bridgehead atoms. The molecule has 1 unspecified atom stereocenters. The average molecular weight is 220 g/mol. The fourth-order valence-corrected chi connectivity index (χ4v) is 1.26. The summed E-state index contributed by atoms with van der Waals surface area (Å²) >= 11 is 0. The minimum absolute atomic E-state index is 0.180. The van der Waals surface area contributed by atoms with Gasteiger partial charge in [0.25, 0.3) is 0 Å². The number of halogens is 3. The van der Waals surface area contributed by atoms with Gasteiger partial charge in [-0.1, -0.05) is 6.07 Å².